The molecule has 1 amide bonds. The summed E-state index contributed by atoms with van der Waals surface area (Å²) >= 11 is 0. The normalized spacial score (nSPS) is 27.1. The van der Waals surface area contributed by atoms with Crippen LogP contribution in [0.5, 0.6) is 0 Å². The van der Waals surface area contributed by atoms with Crippen molar-refractivity contribution in [2.45, 2.75) is 44.6 Å². The summed E-state index contributed by atoms with van der Waals surface area (Å²) in [6.07, 6.45) is 4.78. The van der Waals surface area contributed by atoms with Crippen LogP contribution >= 0.6 is 0 Å². The fraction of sp³-hybridized carbons (Fsp3) is 0.650. The van der Waals surface area contributed by atoms with Crippen LogP contribution in [0, 0.1) is 5.41 Å². The van der Waals surface area contributed by atoms with Crippen LogP contribution in [0.1, 0.15) is 38.2 Å². The van der Waals surface area contributed by atoms with Gasteiger partial charge in [-0.3, -0.25) is 4.79 Å². The van der Waals surface area contributed by atoms with Crippen molar-refractivity contribution in [2.75, 3.05) is 33.3 Å². The molecule has 2 heterocycles. The van der Waals surface area contributed by atoms with Crippen molar-refractivity contribution in [3.8, 4) is 0 Å². The van der Waals surface area contributed by atoms with Gasteiger partial charge in [-0.1, -0.05) is 30.3 Å². The number of hydrogen-bond donors (Lipinski definition) is 1. The molecule has 2 aliphatic rings. The third-order valence-electron chi connectivity index (χ3n) is 5.73. The molecule has 2 aliphatic heterocycles. The van der Waals surface area contributed by atoms with Gasteiger partial charge in [0.2, 0.25) is 5.91 Å². The maximum absolute atomic E-state index is 13.1. The summed E-state index contributed by atoms with van der Waals surface area (Å²) in [5, 5.41) is 3.23. The average molecular weight is 330 g/mol. The van der Waals surface area contributed by atoms with Crippen LogP contribution in [0.2, 0.25) is 0 Å². The molecular formula is C20H30N2O2. The molecule has 4 heteroatoms. The largest absolute Gasteiger partial charge is 0.373 e. The predicted octanol–water partition coefficient (Wildman–Crippen LogP) is 2.63. The fourth-order valence-corrected chi connectivity index (χ4v) is 3.95. The lowest BCUT2D eigenvalue weighted by atomic mass is 9.73. The molecule has 1 aromatic carbocycles. The molecule has 132 valence electrons. The standard InChI is InChI=1S/C20H30N2O2/c1-19(9-6-14-24-19)16-21-18(23)20(10-12-22(2)13-11-20)15-17-7-4-3-5-8-17/h3-5,7-8H,6,9-16H2,1-2H3,(H,21,23). The van der Waals surface area contributed by atoms with Gasteiger partial charge in [-0.25, -0.2) is 0 Å². The second-order valence-corrected chi connectivity index (χ2v) is 7.83. The zero-order valence-electron chi connectivity index (χ0n) is 15.0. The van der Waals surface area contributed by atoms with Gasteiger partial charge in [0.15, 0.2) is 0 Å². The van der Waals surface area contributed by atoms with Gasteiger partial charge < -0.3 is 15.0 Å². The van der Waals surface area contributed by atoms with Crippen LogP contribution in [0.4, 0.5) is 0 Å². The average Bonchev–Trinajstić information content (AvgIpc) is 3.03. The van der Waals surface area contributed by atoms with E-state index in [0.29, 0.717) is 6.54 Å². The number of piperidine rings is 1. The van der Waals surface area contributed by atoms with Gasteiger partial charge in [0.05, 0.1) is 11.0 Å². The molecule has 0 spiro atoms. The van der Waals surface area contributed by atoms with Gasteiger partial charge in [-0.2, -0.15) is 0 Å². The van der Waals surface area contributed by atoms with Gasteiger partial charge in [-0.15, -0.1) is 0 Å². The molecule has 1 N–H and O–H groups in total. The number of nitrogens with one attached hydrogen (secondary N) is 1. The minimum absolute atomic E-state index is 0.185. The highest BCUT2D eigenvalue weighted by Gasteiger charge is 2.41. The van der Waals surface area contributed by atoms with Crippen molar-refractivity contribution in [2.24, 2.45) is 5.41 Å². The Kier molecular flexibility index (Phi) is 5.26. The summed E-state index contributed by atoms with van der Waals surface area (Å²) in [6.45, 7) is 5.51. The smallest absolute Gasteiger partial charge is 0.226 e. The van der Waals surface area contributed by atoms with Crippen molar-refractivity contribution in [3.63, 3.8) is 0 Å². The Morgan fingerprint density at radius 2 is 1.92 bits per heavy atom. The first-order chi connectivity index (χ1) is 11.5. The lowest BCUT2D eigenvalue weighted by Crippen LogP contribution is -2.52. The molecule has 2 saturated heterocycles. The van der Waals surface area contributed by atoms with Crippen LogP contribution in [-0.2, 0) is 16.0 Å². The first kappa shape index (κ1) is 17.4. The Morgan fingerprint density at radius 1 is 1.21 bits per heavy atom. The maximum atomic E-state index is 13.1. The second kappa shape index (κ2) is 7.24. The van der Waals surface area contributed by atoms with E-state index in [1.165, 1.54) is 5.56 Å². The molecule has 3 rings (SSSR count). The van der Waals surface area contributed by atoms with Crippen molar-refractivity contribution in [1.29, 1.82) is 0 Å². The van der Waals surface area contributed by atoms with E-state index in [1.54, 1.807) is 0 Å². The van der Waals surface area contributed by atoms with Gasteiger partial charge >= 0.3 is 0 Å². The zero-order chi connectivity index (χ0) is 17.0. The lowest BCUT2D eigenvalue weighted by Gasteiger charge is -2.40. The number of carbonyl (C=O) groups is 1. The van der Waals surface area contributed by atoms with E-state index < -0.39 is 0 Å². The number of nitrogens with zero attached hydrogens (tertiary/aromatic N) is 1. The predicted molar refractivity (Wildman–Crippen MR) is 95.9 cm³/mol. The molecule has 1 unspecified atom stereocenters. The minimum Gasteiger partial charge on any atom is -0.373 e. The van der Waals surface area contributed by atoms with E-state index in [-0.39, 0.29) is 16.9 Å². The molecule has 0 aliphatic carbocycles. The number of amides is 1. The third-order valence-corrected chi connectivity index (χ3v) is 5.73. The van der Waals surface area contributed by atoms with Crippen molar-refractivity contribution >= 4 is 5.91 Å². The van der Waals surface area contributed by atoms with E-state index in [9.17, 15) is 4.79 Å². The third kappa shape index (κ3) is 3.98. The summed E-state index contributed by atoms with van der Waals surface area (Å²) in [5.41, 5.74) is 0.776. The highest BCUT2D eigenvalue weighted by atomic mass is 16.5. The lowest BCUT2D eigenvalue weighted by molar-refractivity contribution is -0.135. The minimum atomic E-state index is -0.289. The molecule has 0 bridgehead atoms. The molecule has 0 radical (unpaired) electrons. The van der Waals surface area contributed by atoms with E-state index in [2.05, 4.69) is 48.5 Å². The fourth-order valence-electron chi connectivity index (χ4n) is 3.95. The van der Waals surface area contributed by atoms with Crippen LogP contribution in [0.25, 0.3) is 0 Å². The quantitative estimate of drug-likeness (QED) is 0.902. The van der Waals surface area contributed by atoms with Crippen molar-refractivity contribution in [1.82, 2.24) is 10.2 Å². The number of benzene rings is 1. The molecule has 24 heavy (non-hydrogen) atoms. The molecule has 1 aromatic rings. The second-order valence-electron chi connectivity index (χ2n) is 7.83. The van der Waals surface area contributed by atoms with Gasteiger partial charge in [0.25, 0.3) is 0 Å². The number of carbonyl (C=O) groups excluding carboxylic acids is 1. The summed E-state index contributed by atoms with van der Waals surface area (Å²) in [6, 6.07) is 10.4. The van der Waals surface area contributed by atoms with Crippen LogP contribution < -0.4 is 5.32 Å². The number of rotatable bonds is 5. The topological polar surface area (TPSA) is 41.6 Å². The van der Waals surface area contributed by atoms with E-state index in [1.807, 2.05) is 6.07 Å². The maximum Gasteiger partial charge on any atom is 0.226 e. The van der Waals surface area contributed by atoms with Crippen molar-refractivity contribution < 1.29 is 9.53 Å². The highest BCUT2D eigenvalue weighted by Crippen LogP contribution is 2.35. The van der Waals surface area contributed by atoms with E-state index in [0.717, 1.165) is 51.8 Å². The number of ether oxygens (including phenoxy) is 1. The van der Waals surface area contributed by atoms with Gasteiger partial charge in [-0.05, 0) is 64.7 Å². The Balaban J connectivity index is 1.70. The Morgan fingerprint density at radius 3 is 2.54 bits per heavy atom. The van der Waals surface area contributed by atoms with Crippen molar-refractivity contribution in [3.05, 3.63) is 35.9 Å². The molecule has 4 nitrogen and oxygen atoms in total. The zero-order valence-corrected chi connectivity index (χ0v) is 15.0. The first-order valence-corrected chi connectivity index (χ1v) is 9.16. The number of likely N-dealkylation sites (tertiary alicyclic amines) is 1. The van der Waals surface area contributed by atoms with Gasteiger partial charge in [0.1, 0.15) is 0 Å². The Bertz CT molecular complexity index is 544. The number of hydrogen-bond acceptors (Lipinski definition) is 3. The first-order valence-electron chi connectivity index (χ1n) is 9.16. The van der Waals surface area contributed by atoms with Crippen LogP contribution in [0.15, 0.2) is 30.3 Å². The van der Waals surface area contributed by atoms with Crippen LogP contribution in [-0.4, -0.2) is 49.7 Å². The summed E-state index contributed by atoms with van der Waals surface area (Å²) in [7, 11) is 2.14. The van der Waals surface area contributed by atoms with Gasteiger partial charge in [0, 0.05) is 13.2 Å². The highest BCUT2D eigenvalue weighted by molar-refractivity contribution is 5.83. The van der Waals surface area contributed by atoms with E-state index >= 15 is 0 Å². The van der Waals surface area contributed by atoms with Crippen LogP contribution in [0.3, 0.4) is 0 Å². The molecule has 2 fully saturated rings. The Labute approximate surface area is 145 Å². The monoisotopic (exact) mass is 330 g/mol. The molecular weight excluding hydrogens is 300 g/mol. The molecule has 0 aromatic heterocycles. The summed E-state index contributed by atoms with van der Waals surface area (Å²) in [5.74, 6) is 0.205. The summed E-state index contributed by atoms with van der Waals surface area (Å²) in [4.78, 5) is 15.5. The molecule has 0 saturated carbocycles. The summed E-state index contributed by atoms with van der Waals surface area (Å²) < 4.78 is 5.82. The SMILES string of the molecule is CN1CCC(Cc2ccccc2)(C(=O)NCC2(C)CCCO2)CC1. The van der Waals surface area contributed by atoms with E-state index in [4.69, 9.17) is 4.74 Å². The Hall–Kier alpha value is -1.39. The molecule has 1 atom stereocenters.